The first-order valence-electron chi connectivity index (χ1n) is 6.59. The normalized spacial score (nSPS) is 48.5. The summed E-state index contributed by atoms with van der Waals surface area (Å²) in [7, 11) is 0. The van der Waals surface area contributed by atoms with E-state index in [9.17, 15) is 0 Å². The van der Waals surface area contributed by atoms with Gasteiger partial charge in [0.15, 0.2) is 0 Å². The van der Waals surface area contributed by atoms with Gasteiger partial charge in [0.1, 0.15) is 0 Å². The Hall–Kier alpha value is -0.820. The first-order chi connectivity index (χ1) is 7.93. The molecule has 3 aliphatic carbocycles. The fourth-order valence-electron chi connectivity index (χ4n) is 4.31. The molecule has 1 nitrogen and oxygen atoms in total. The smallest absolute Gasteiger partial charge is 0.0802 e. The van der Waals surface area contributed by atoms with E-state index in [0.717, 1.165) is 30.3 Å². The molecule has 84 valence electrons. The summed E-state index contributed by atoms with van der Waals surface area (Å²) in [4.78, 5) is 0. The van der Waals surface area contributed by atoms with Crippen molar-refractivity contribution in [2.45, 2.75) is 25.4 Å². The monoisotopic (exact) mass is 214 g/mol. The standard InChI is InChI=1S/C15H18O/c1-2-5-12-9-13-15-11(6-3-7-16-13)8-10(4-1)14(12)15/h1,3-4,6,9-11,13-15H,2,5,7-8H2/t10-,11+,13-,14+,15-/m1/s1. The van der Waals surface area contributed by atoms with Crippen LogP contribution in [0.2, 0.25) is 0 Å². The Kier molecular flexibility index (Phi) is 1.92. The molecule has 1 heterocycles. The van der Waals surface area contributed by atoms with Crippen molar-refractivity contribution in [1.82, 2.24) is 0 Å². The van der Waals surface area contributed by atoms with Crippen LogP contribution in [0.4, 0.5) is 0 Å². The SMILES string of the molecule is C1=C[C@@H]2C[C@@H]3C=CCO[C@@H]4C=C(CC1)[C@H]2[C@H]34. The van der Waals surface area contributed by atoms with Crippen LogP contribution in [0.3, 0.4) is 0 Å². The van der Waals surface area contributed by atoms with Gasteiger partial charge in [0.25, 0.3) is 0 Å². The highest BCUT2D eigenvalue weighted by Gasteiger charge is 2.50. The van der Waals surface area contributed by atoms with E-state index in [0.29, 0.717) is 6.10 Å². The third kappa shape index (κ3) is 1.15. The van der Waals surface area contributed by atoms with Gasteiger partial charge in [0.2, 0.25) is 0 Å². The third-order valence-electron chi connectivity index (χ3n) is 4.85. The van der Waals surface area contributed by atoms with Crippen molar-refractivity contribution in [1.29, 1.82) is 0 Å². The number of allylic oxidation sites excluding steroid dienone is 4. The minimum atomic E-state index is 0.413. The van der Waals surface area contributed by atoms with E-state index in [1.807, 2.05) is 0 Å². The summed E-state index contributed by atoms with van der Waals surface area (Å²) >= 11 is 0. The fraction of sp³-hybridized carbons (Fsp3) is 0.600. The summed E-state index contributed by atoms with van der Waals surface area (Å²) in [5, 5.41) is 0. The average molecular weight is 214 g/mol. The van der Waals surface area contributed by atoms with Gasteiger partial charge in [0, 0.05) is 5.92 Å². The lowest BCUT2D eigenvalue weighted by Crippen LogP contribution is -2.24. The molecule has 0 aromatic carbocycles. The first-order valence-corrected chi connectivity index (χ1v) is 6.59. The second kappa shape index (κ2) is 3.33. The average Bonchev–Trinajstić information content (AvgIpc) is 2.65. The highest BCUT2D eigenvalue weighted by molar-refractivity contribution is 5.30. The Morgan fingerprint density at radius 2 is 2.06 bits per heavy atom. The molecule has 0 amide bonds. The maximum Gasteiger partial charge on any atom is 0.0802 e. The molecule has 0 spiro atoms. The van der Waals surface area contributed by atoms with Gasteiger partial charge in [-0.3, -0.25) is 0 Å². The lowest BCUT2D eigenvalue weighted by atomic mass is 9.85. The van der Waals surface area contributed by atoms with Crippen LogP contribution < -0.4 is 0 Å². The molecule has 5 atom stereocenters. The quantitative estimate of drug-likeness (QED) is 0.563. The van der Waals surface area contributed by atoms with Gasteiger partial charge in [-0.1, -0.05) is 36.0 Å². The topological polar surface area (TPSA) is 9.23 Å². The highest BCUT2D eigenvalue weighted by Crippen LogP contribution is 2.55. The molecule has 1 heteroatoms. The predicted molar refractivity (Wildman–Crippen MR) is 63.9 cm³/mol. The summed E-state index contributed by atoms with van der Waals surface area (Å²) in [6.07, 6.45) is 16.2. The van der Waals surface area contributed by atoms with Gasteiger partial charge in [0.05, 0.1) is 12.7 Å². The minimum Gasteiger partial charge on any atom is -0.370 e. The van der Waals surface area contributed by atoms with E-state index in [-0.39, 0.29) is 0 Å². The van der Waals surface area contributed by atoms with Crippen LogP contribution in [0, 0.1) is 23.7 Å². The van der Waals surface area contributed by atoms with Gasteiger partial charge in [-0.05, 0) is 37.0 Å². The maximum absolute atomic E-state index is 5.97. The van der Waals surface area contributed by atoms with Crippen LogP contribution in [0.1, 0.15) is 19.3 Å². The molecular formula is C15H18O. The molecule has 16 heavy (non-hydrogen) atoms. The van der Waals surface area contributed by atoms with Crippen molar-refractivity contribution in [2.24, 2.45) is 23.7 Å². The lowest BCUT2D eigenvalue weighted by Gasteiger charge is -2.22. The Morgan fingerprint density at radius 3 is 3.06 bits per heavy atom. The van der Waals surface area contributed by atoms with Crippen LogP contribution >= 0.6 is 0 Å². The molecule has 0 radical (unpaired) electrons. The molecule has 1 fully saturated rings. The number of rotatable bonds is 0. The van der Waals surface area contributed by atoms with Crippen molar-refractivity contribution in [2.75, 3.05) is 6.61 Å². The molecule has 4 rings (SSSR count). The van der Waals surface area contributed by atoms with Crippen LogP contribution in [0.15, 0.2) is 36.0 Å². The van der Waals surface area contributed by atoms with E-state index in [4.69, 9.17) is 4.74 Å². The van der Waals surface area contributed by atoms with Crippen molar-refractivity contribution in [3.8, 4) is 0 Å². The fourth-order valence-corrected chi connectivity index (χ4v) is 4.31. The van der Waals surface area contributed by atoms with Gasteiger partial charge >= 0.3 is 0 Å². The van der Waals surface area contributed by atoms with Crippen LogP contribution in [-0.4, -0.2) is 12.7 Å². The summed E-state index contributed by atoms with van der Waals surface area (Å²) in [6, 6.07) is 0. The van der Waals surface area contributed by atoms with E-state index >= 15 is 0 Å². The molecule has 0 saturated heterocycles. The Balaban J connectivity index is 1.79. The second-order valence-electron chi connectivity index (χ2n) is 5.60. The molecular weight excluding hydrogens is 196 g/mol. The van der Waals surface area contributed by atoms with E-state index in [1.165, 1.54) is 19.3 Å². The van der Waals surface area contributed by atoms with Gasteiger partial charge in [-0.15, -0.1) is 0 Å². The van der Waals surface area contributed by atoms with Gasteiger partial charge < -0.3 is 4.74 Å². The van der Waals surface area contributed by atoms with E-state index < -0.39 is 0 Å². The van der Waals surface area contributed by atoms with Crippen LogP contribution in [-0.2, 0) is 4.74 Å². The number of ether oxygens (including phenoxy) is 1. The van der Waals surface area contributed by atoms with Gasteiger partial charge in [-0.25, -0.2) is 0 Å². The minimum absolute atomic E-state index is 0.413. The molecule has 0 bridgehead atoms. The first kappa shape index (κ1) is 9.23. The molecule has 4 aliphatic rings. The van der Waals surface area contributed by atoms with Crippen LogP contribution in [0.25, 0.3) is 0 Å². The summed E-state index contributed by atoms with van der Waals surface area (Å²) in [5.41, 5.74) is 1.70. The van der Waals surface area contributed by atoms with Crippen molar-refractivity contribution < 1.29 is 4.74 Å². The summed E-state index contributed by atoms with van der Waals surface area (Å²) in [6.45, 7) is 0.814. The Morgan fingerprint density at radius 1 is 1.12 bits per heavy atom. The Bertz CT molecular complexity index is 388. The number of hydrogen-bond donors (Lipinski definition) is 0. The lowest BCUT2D eigenvalue weighted by molar-refractivity contribution is 0.0608. The van der Waals surface area contributed by atoms with Gasteiger partial charge in [-0.2, -0.15) is 0 Å². The number of hydrogen-bond acceptors (Lipinski definition) is 1. The molecule has 0 aromatic rings. The zero-order valence-corrected chi connectivity index (χ0v) is 9.51. The second-order valence-corrected chi connectivity index (χ2v) is 5.60. The van der Waals surface area contributed by atoms with Crippen molar-refractivity contribution in [3.05, 3.63) is 36.0 Å². The summed E-state index contributed by atoms with van der Waals surface area (Å²) < 4.78 is 5.97. The van der Waals surface area contributed by atoms with E-state index in [2.05, 4.69) is 30.4 Å². The summed E-state index contributed by atoms with van der Waals surface area (Å²) in [5.74, 6) is 3.11. The molecule has 0 unspecified atom stereocenters. The molecule has 0 N–H and O–H groups in total. The Labute approximate surface area is 96.9 Å². The maximum atomic E-state index is 5.97. The molecule has 1 aliphatic heterocycles. The highest BCUT2D eigenvalue weighted by atomic mass is 16.5. The van der Waals surface area contributed by atoms with Crippen molar-refractivity contribution >= 4 is 0 Å². The zero-order chi connectivity index (χ0) is 10.5. The third-order valence-corrected chi connectivity index (χ3v) is 4.85. The molecule has 1 saturated carbocycles. The van der Waals surface area contributed by atoms with Crippen molar-refractivity contribution in [3.63, 3.8) is 0 Å². The van der Waals surface area contributed by atoms with E-state index in [1.54, 1.807) is 5.57 Å². The zero-order valence-electron chi connectivity index (χ0n) is 9.51. The molecule has 0 aromatic heterocycles. The largest absolute Gasteiger partial charge is 0.370 e. The predicted octanol–water partition coefficient (Wildman–Crippen LogP) is 3.10. The van der Waals surface area contributed by atoms with Crippen LogP contribution in [0.5, 0.6) is 0 Å².